The van der Waals surface area contributed by atoms with E-state index < -0.39 is 11.8 Å². The maximum Gasteiger partial charge on any atom is 0.244 e. The monoisotopic (exact) mass is 326 g/mol. The van der Waals surface area contributed by atoms with Gasteiger partial charge in [-0.3, -0.25) is 9.59 Å². The molecule has 2 aromatic carbocycles. The third-order valence-electron chi connectivity index (χ3n) is 3.55. The van der Waals surface area contributed by atoms with Gasteiger partial charge in [0.25, 0.3) is 0 Å². The summed E-state index contributed by atoms with van der Waals surface area (Å²) in [5.41, 5.74) is 7.08. The van der Waals surface area contributed by atoms with Crippen molar-refractivity contribution >= 4 is 17.9 Å². The van der Waals surface area contributed by atoms with Crippen LogP contribution in [0.2, 0.25) is 0 Å². The summed E-state index contributed by atoms with van der Waals surface area (Å²) in [4.78, 5) is 23.4. The summed E-state index contributed by atoms with van der Waals surface area (Å²) in [5.74, 6) is -1.70. The second-order valence-electron chi connectivity index (χ2n) is 5.42. The van der Waals surface area contributed by atoms with E-state index in [1.54, 1.807) is 18.2 Å². The lowest BCUT2D eigenvalue weighted by atomic mass is 9.98. The van der Waals surface area contributed by atoms with Crippen molar-refractivity contribution in [2.75, 3.05) is 6.54 Å². The summed E-state index contributed by atoms with van der Waals surface area (Å²) in [6.07, 6.45) is 3.44. The minimum absolute atomic E-state index is 0.130. The average Bonchev–Trinajstić information content (AvgIpc) is 2.59. The van der Waals surface area contributed by atoms with Gasteiger partial charge >= 0.3 is 0 Å². The molecular formula is C19H19FN2O2. The molecule has 1 unspecified atom stereocenters. The third kappa shape index (κ3) is 5.68. The van der Waals surface area contributed by atoms with Gasteiger partial charge in [0.05, 0.1) is 5.92 Å². The van der Waals surface area contributed by atoms with E-state index in [1.165, 1.54) is 18.2 Å². The Morgan fingerprint density at radius 3 is 2.38 bits per heavy atom. The number of primary amides is 1. The van der Waals surface area contributed by atoms with Gasteiger partial charge in [-0.15, -0.1) is 0 Å². The van der Waals surface area contributed by atoms with Crippen LogP contribution in [-0.4, -0.2) is 18.4 Å². The van der Waals surface area contributed by atoms with E-state index in [0.29, 0.717) is 6.42 Å². The molecule has 2 aromatic rings. The lowest BCUT2D eigenvalue weighted by Gasteiger charge is -2.13. The fourth-order valence-electron chi connectivity index (χ4n) is 2.20. The lowest BCUT2D eigenvalue weighted by Crippen LogP contribution is -2.36. The topological polar surface area (TPSA) is 72.2 Å². The van der Waals surface area contributed by atoms with Gasteiger partial charge in [-0.25, -0.2) is 4.39 Å². The van der Waals surface area contributed by atoms with Crippen molar-refractivity contribution in [1.82, 2.24) is 5.32 Å². The molecule has 0 aromatic heterocycles. The maximum absolute atomic E-state index is 12.9. The second kappa shape index (κ2) is 8.62. The van der Waals surface area contributed by atoms with Crippen LogP contribution >= 0.6 is 0 Å². The molecule has 0 aliphatic heterocycles. The first-order chi connectivity index (χ1) is 11.5. The highest BCUT2D eigenvalue weighted by Crippen LogP contribution is 2.09. The number of rotatable bonds is 7. The Morgan fingerprint density at radius 1 is 1.08 bits per heavy atom. The molecule has 0 aliphatic rings. The molecule has 0 bridgehead atoms. The number of carbonyl (C=O) groups excluding carboxylic acids is 2. The van der Waals surface area contributed by atoms with Gasteiger partial charge in [0, 0.05) is 12.6 Å². The zero-order valence-electron chi connectivity index (χ0n) is 13.1. The van der Waals surface area contributed by atoms with Crippen molar-refractivity contribution in [2.24, 2.45) is 11.7 Å². The van der Waals surface area contributed by atoms with E-state index in [0.717, 1.165) is 11.1 Å². The number of carbonyl (C=O) groups is 2. The Hall–Kier alpha value is -2.95. The van der Waals surface area contributed by atoms with Crippen molar-refractivity contribution < 1.29 is 14.0 Å². The summed E-state index contributed by atoms with van der Waals surface area (Å²) in [5, 5.41) is 2.67. The number of hydrogen-bond acceptors (Lipinski definition) is 2. The molecule has 0 aliphatic carbocycles. The van der Waals surface area contributed by atoms with E-state index in [-0.39, 0.29) is 18.3 Å². The fourth-order valence-corrected chi connectivity index (χ4v) is 2.20. The summed E-state index contributed by atoms with van der Waals surface area (Å²) >= 11 is 0. The van der Waals surface area contributed by atoms with Crippen molar-refractivity contribution in [3.05, 3.63) is 77.6 Å². The zero-order chi connectivity index (χ0) is 17.4. The summed E-state index contributed by atoms with van der Waals surface area (Å²) in [6, 6.07) is 15.3. The highest BCUT2D eigenvalue weighted by Gasteiger charge is 2.16. The molecule has 124 valence electrons. The second-order valence-corrected chi connectivity index (χ2v) is 5.42. The molecule has 3 N–H and O–H groups in total. The molecule has 2 rings (SSSR count). The molecule has 2 amide bonds. The maximum atomic E-state index is 12.9. The van der Waals surface area contributed by atoms with Gasteiger partial charge in [-0.05, 0) is 35.8 Å². The van der Waals surface area contributed by atoms with E-state index >= 15 is 0 Å². The van der Waals surface area contributed by atoms with Crippen molar-refractivity contribution in [1.29, 1.82) is 0 Å². The molecule has 5 heteroatoms. The SMILES string of the molecule is NC(=O)C(CNC(=O)/C=C/c1ccccc1)Cc1ccc(F)cc1. The summed E-state index contributed by atoms with van der Waals surface area (Å²) in [7, 11) is 0. The first kappa shape index (κ1) is 17.4. The van der Waals surface area contributed by atoms with Crippen LogP contribution in [0.25, 0.3) is 6.08 Å². The molecule has 1 atom stereocenters. The zero-order valence-corrected chi connectivity index (χ0v) is 13.1. The Morgan fingerprint density at radius 2 is 1.75 bits per heavy atom. The minimum atomic E-state index is -0.551. The molecule has 0 fully saturated rings. The standard InChI is InChI=1S/C19H19FN2O2/c20-17-9-6-15(7-10-17)12-16(19(21)24)13-22-18(23)11-8-14-4-2-1-3-5-14/h1-11,16H,12-13H2,(H2,21,24)(H,22,23)/b11-8+. The molecule has 24 heavy (non-hydrogen) atoms. The molecule has 0 spiro atoms. The lowest BCUT2D eigenvalue weighted by molar-refractivity contribution is -0.122. The largest absolute Gasteiger partial charge is 0.369 e. The van der Waals surface area contributed by atoms with Gasteiger partial charge < -0.3 is 11.1 Å². The number of halogens is 1. The van der Waals surface area contributed by atoms with Crippen LogP contribution in [0.5, 0.6) is 0 Å². The van der Waals surface area contributed by atoms with Crippen LogP contribution < -0.4 is 11.1 Å². The van der Waals surface area contributed by atoms with Crippen molar-refractivity contribution in [2.45, 2.75) is 6.42 Å². The molecule has 0 saturated heterocycles. The normalized spacial score (nSPS) is 12.0. The van der Waals surface area contributed by atoms with Gasteiger partial charge in [-0.2, -0.15) is 0 Å². The molecule has 4 nitrogen and oxygen atoms in total. The molecule has 0 radical (unpaired) electrons. The first-order valence-electron chi connectivity index (χ1n) is 7.59. The Bertz CT molecular complexity index is 712. The molecular weight excluding hydrogens is 307 g/mol. The predicted octanol–water partition coefficient (Wildman–Crippen LogP) is 2.30. The molecule has 0 heterocycles. The van der Waals surface area contributed by atoms with Crippen molar-refractivity contribution in [3.8, 4) is 0 Å². The number of amides is 2. The van der Waals surface area contributed by atoms with Crippen LogP contribution in [0.4, 0.5) is 4.39 Å². The van der Waals surface area contributed by atoms with Crippen LogP contribution in [0, 0.1) is 11.7 Å². The van der Waals surface area contributed by atoms with E-state index in [2.05, 4.69) is 5.32 Å². The number of benzene rings is 2. The van der Waals surface area contributed by atoms with Gasteiger partial charge in [0.2, 0.25) is 11.8 Å². The number of hydrogen-bond donors (Lipinski definition) is 2. The third-order valence-corrected chi connectivity index (χ3v) is 3.55. The number of nitrogens with one attached hydrogen (secondary N) is 1. The van der Waals surface area contributed by atoms with Crippen LogP contribution in [0.3, 0.4) is 0 Å². The van der Waals surface area contributed by atoms with Gasteiger partial charge in [0.1, 0.15) is 5.82 Å². The average molecular weight is 326 g/mol. The Labute approximate surface area is 140 Å². The first-order valence-corrected chi connectivity index (χ1v) is 7.59. The van der Waals surface area contributed by atoms with Crippen LogP contribution in [-0.2, 0) is 16.0 Å². The number of nitrogens with two attached hydrogens (primary N) is 1. The van der Waals surface area contributed by atoms with Crippen LogP contribution in [0.1, 0.15) is 11.1 Å². The highest BCUT2D eigenvalue weighted by atomic mass is 19.1. The summed E-state index contributed by atoms with van der Waals surface area (Å²) in [6.45, 7) is 0.130. The predicted molar refractivity (Wildman–Crippen MR) is 91.3 cm³/mol. The quantitative estimate of drug-likeness (QED) is 0.766. The van der Waals surface area contributed by atoms with E-state index in [1.807, 2.05) is 30.3 Å². The molecule has 0 saturated carbocycles. The smallest absolute Gasteiger partial charge is 0.244 e. The highest BCUT2D eigenvalue weighted by molar-refractivity contribution is 5.92. The van der Waals surface area contributed by atoms with Gasteiger partial charge in [-0.1, -0.05) is 42.5 Å². The summed E-state index contributed by atoms with van der Waals surface area (Å²) < 4.78 is 12.9. The Balaban J connectivity index is 1.89. The van der Waals surface area contributed by atoms with E-state index in [4.69, 9.17) is 5.73 Å². The van der Waals surface area contributed by atoms with Crippen LogP contribution in [0.15, 0.2) is 60.7 Å². The minimum Gasteiger partial charge on any atom is -0.369 e. The van der Waals surface area contributed by atoms with E-state index in [9.17, 15) is 14.0 Å². The Kier molecular flexibility index (Phi) is 6.25. The van der Waals surface area contributed by atoms with Gasteiger partial charge in [0.15, 0.2) is 0 Å². The fraction of sp³-hybridized carbons (Fsp3) is 0.158. The van der Waals surface area contributed by atoms with Crippen molar-refractivity contribution in [3.63, 3.8) is 0 Å².